The van der Waals surface area contributed by atoms with E-state index in [9.17, 15) is 13.2 Å². The summed E-state index contributed by atoms with van der Waals surface area (Å²) in [6.07, 6.45) is -1.99. The number of hydrogen-bond donors (Lipinski definition) is 5. The Morgan fingerprint density at radius 3 is 2.16 bits per heavy atom. The molecule has 0 atom stereocenters. The van der Waals surface area contributed by atoms with Crippen LogP contribution in [0.25, 0.3) is 11.3 Å². The summed E-state index contributed by atoms with van der Waals surface area (Å²) in [5.41, 5.74) is 8.37. The number of piperidine rings is 1. The van der Waals surface area contributed by atoms with Crippen molar-refractivity contribution in [3.8, 4) is 22.8 Å². The molecule has 2 aliphatic heterocycles. The molecule has 1 aromatic heterocycles. The Morgan fingerprint density at radius 2 is 1.59 bits per heavy atom. The fraction of sp³-hybridized carbons (Fsp3) is 0.320. The fourth-order valence-electron chi connectivity index (χ4n) is 4.56. The molecule has 3 aromatic rings. The zero-order valence-electron chi connectivity index (χ0n) is 19.8. The van der Waals surface area contributed by atoms with Crippen LogP contribution in [0.5, 0.6) is 11.5 Å². The molecule has 0 bridgehead atoms. The van der Waals surface area contributed by atoms with Crippen LogP contribution in [-0.2, 0) is 10.3 Å². The maximum Gasteiger partial charge on any atom is 0.490 e. The maximum absolute atomic E-state index is 10.6. The molecule has 196 valence electrons. The number of nitrogens with one attached hydrogen (secondary N) is 3. The van der Waals surface area contributed by atoms with E-state index >= 15 is 0 Å². The van der Waals surface area contributed by atoms with E-state index in [4.69, 9.17) is 30.9 Å². The molecule has 12 heteroatoms. The molecule has 0 radical (unpaired) electrons. The minimum absolute atomic E-state index is 0.00928. The molecule has 0 saturated carbocycles. The monoisotopic (exact) mass is 516 g/mol. The molecular formula is C25H27F3N6O3. The third-order valence-electron chi connectivity index (χ3n) is 6.37. The van der Waals surface area contributed by atoms with Crippen molar-refractivity contribution in [3.63, 3.8) is 0 Å². The van der Waals surface area contributed by atoms with Crippen LogP contribution in [0.1, 0.15) is 24.8 Å². The second-order valence-electron chi connectivity index (χ2n) is 8.79. The van der Waals surface area contributed by atoms with Gasteiger partial charge < -0.3 is 26.2 Å². The number of nitrogens with two attached hydrogens (primary N) is 1. The quantitative estimate of drug-likeness (QED) is 0.259. The van der Waals surface area contributed by atoms with E-state index in [0.717, 1.165) is 67.5 Å². The number of alkyl halides is 3. The predicted molar refractivity (Wildman–Crippen MR) is 132 cm³/mol. The lowest BCUT2D eigenvalue weighted by molar-refractivity contribution is -0.192. The molecule has 1 saturated heterocycles. The summed E-state index contributed by atoms with van der Waals surface area (Å²) in [5, 5.41) is 27.2. The molecule has 3 heterocycles. The van der Waals surface area contributed by atoms with E-state index in [1.807, 2.05) is 54.6 Å². The van der Waals surface area contributed by atoms with Crippen LogP contribution >= 0.6 is 0 Å². The van der Waals surface area contributed by atoms with Crippen molar-refractivity contribution in [1.82, 2.24) is 15.1 Å². The lowest BCUT2D eigenvalue weighted by atomic mass is 9.84. The molecule has 0 unspecified atom stereocenters. The summed E-state index contributed by atoms with van der Waals surface area (Å²) in [7, 11) is 0. The van der Waals surface area contributed by atoms with Gasteiger partial charge in [0.1, 0.15) is 28.8 Å². The highest BCUT2D eigenvalue weighted by molar-refractivity contribution is 6.05. The minimum atomic E-state index is -5.08. The van der Waals surface area contributed by atoms with Gasteiger partial charge in [0.2, 0.25) is 0 Å². The average molecular weight is 517 g/mol. The van der Waals surface area contributed by atoms with E-state index in [-0.39, 0.29) is 11.4 Å². The number of nitrogens with zero attached hydrogens (tertiary/aromatic N) is 2. The molecule has 2 aliphatic rings. The number of carboxylic acids is 1. The van der Waals surface area contributed by atoms with Crippen molar-refractivity contribution in [3.05, 3.63) is 60.2 Å². The van der Waals surface area contributed by atoms with Crippen molar-refractivity contribution in [1.29, 1.82) is 5.41 Å². The average Bonchev–Trinajstić information content (AvgIpc) is 3.27. The van der Waals surface area contributed by atoms with E-state index < -0.39 is 12.1 Å². The van der Waals surface area contributed by atoms with Gasteiger partial charge in [-0.2, -0.15) is 18.3 Å². The Bertz CT molecular complexity index is 1250. The highest BCUT2D eigenvalue weighted by Gasteiger charge is 2.41. The lowest BCUT2D eigenvalue weighted by Crippen LogP contribution is -2.48. The van der Waals surface area contributed by atoms with Crippen LogP contribution in [0.2, 0.25) is 0 Å². The smallest absolute Gasteiger partial charge is 0.475 e. The highest BCUT2D eigenvalue weighted by atomic mass is 19.4. The number of carboxylic acid groups (broad SMARTS) is 1. The number of halogens is 3. The number of amidine groups is 1. The van der Waals surface area contributed by atoms with E-state index in [1.165, 1.54) is 0 Å². The molecular weight excluding hydrogens is 489 g/mol. The van der Waals surface area contributed by atoms with Gasteiger partial charge >= 0.3 is 12.1 Å². The van der Waals surface area contributed by atoms with Crippen LogP contribution < -0.4 is 21.1 Å². The number of para-hydroxylation sites is 1. The summed E-state index contributed by atoms with van der Waals surface area (Å²) in [6, 6.07) is 17.5. The van der Waals surface area contributed by atoms with Crippen LogP contribution in [0.3, 0.4) is 0 Å². The number of aliphatic carboxylic acids is 1. The largest absolute Gasteiger partial charge is 0.490 e. The third kappa shape index (κ3) is 5.69. The summed E-state index contributed by atoms with van der Waals surface area (Å²) in [6.45, 7) is 2.83. The maximum atomic E-state index is 10.6. The summed E-state index contributed by atoms with van der Waals surface area (Å²) in [5.74, 6) is -0.299. The van der Waals surface area contributed by atoms with Gasteiger partial charge in [-0.1, -0.05) is 18.2 Å². The van der Waals surface area contributed by atoms with Gasteiger partial charge in [-0.15, -0.1) is 0 Å². The minimum Gasteiger partial charge on any atom is -0.475 e. The second-order valence-corrected chi connectivity index (χ2v) is 8.79. The van der Waals surface area contributed by atoms with Crippen LogP contribution in [0, 0.1) is 5.41 Å². The Balaban J connectivity index is 0.000000405. The van der Waals surface area contributed by atoms with Gasteiger partial charge in [0.15, 0.2) is 0 Å². The Kier molecular flexibility index (Phi) is 7.39. The van der Waals surface area contributed by atoms with E-state index in [1.54, 1.807) is 0 Å². The molecule has 6 N–H and O–H groups in total. The molecule has 2 aromatic carbocycles. The van der Waals surface area contributed by atoms with Crippen LogP contribution in [0.15, 0.2) is 54.6 Å². The number of nitrogen functional groups attached to an aromatic ring is 1. The van der Waals surface area contributed by atoms with Crippen molar-refractivity contribution >= 4 is 17.6 Å². The standard InChI is InChI=1S/C23H26N6O.C2HF3O2/c24-21(25)19-20(16-6-8-18(9-7-16)30-17-4-2-1-3-5-17)28-29-22(19)27-15-12-23(29)10-13-26-14-11-23;3-2(4,5)1(6)7/h1-9,26-27H,10-15H2,(H3,24,25);(H,6,7). The first-order valence-corrected chi connectivity index (χ1v) is 11.7. The first-order valence-electron chi connectivity index (χ1n) is 11.7. The first kappa shape index (κ1) is 26.0. The van der Waals surface area contributed by atoms with Gasteiger partial charge in [0.25, 0.3) is 0 Å². The van der Waals surface area contributed by atoms with Crippen LogP contribution in [0.4, 0.5) is 19.0 Å². The van der Waals surface area contributed by atoms with Crippen molar-refractivity contribution in [2.45, 2.75) is 31.0 Å². The molecule has 9 nitrogen and oxygen atoms in total. The van der Waals surface area contributed by atoms with Gasteiger partial charge in [-0.25, -0.2) is 9.48 Å². The van der Waals surface area contributed by atoms with Crippen molar-refractivity contribution in [2.75, 3.05) is 25.0 Å². The van der Waals surface area contributed by atoms with Gasteiger partial charge in [-0.05, 0) is 68.8 Å². The SMILES string of the molecule is N=C(N)c1c(-c2ccc(Oc3ccccc3)cc2)nn2c1NCCC21CCNCC1.O=C(O)C(F)(F)F. The predicted octanol–water partition coefficient (Wildman–Crippen LogP) is 4.15. The summed E-state index contributed by atoms with van der Waals surface area (Å²) in [4.78, 5) is 8.90. The fourth-order valence-corrected chi connectivity index (χ4v) is 4.56. The van der Waals surface area contributed by atoms with Crippen LogP contribution in [-0.4, -0.2) is 52.5 Å². The number of fused-ring (bicyclic) bond motifs is 2. The third-order valence-corrected chi connectivity index (χ3v) is 6.37. The topological polar surface area (TPSA) is 138 Å². The molecule has 1 fully saturated rings. The first-order chi connectivity index (χ1) is 17.6. The van der Waals surface area contributed by atoms with Crippen molar-refractivity contribution < 1.29 is 27.8 Å². The number of carbonyl (C=O) groups is 1. The van der Waals surface area contributed by atoms with E-state index in [2.05, 4.69) is 15.3 Å². The van der Waals surface area contributed by atoms with Gasteiger partial charge in [0.05, 0.1) is 11.1 Å². The number of rotatable bonds is 4. The van der Waals surface area contributed by atoms with Gasteiger partial charge in [0, 0.05) is 12.1 Å². The summed E-state index contributed by atoms with van der Waals surface area (Å²) >= 11 is 0. The molecule has 5 rings (SSSR count). The zero-order chi connectivity index (χ0) is 26.6. The molecule has 0 amide bonds. The number of ether oxygens (including phenoxy) is 1. The lowest BCUT2D eigenvalue weighted by Gasteiger charge is -2.42. The number of aromatic nitrogens is 2. The number of anilines is 1. The molecule has 37 heavy (non-hydrogen) atoms. The zero-order valence-corrected chi connectivity index (χ0v) is 19.8. The number of hydrogen-bond acceptors (Lipinski definition) is 6. The van der Waals surface area contributed by atoms with Crippen molar-refractivity contribution in [2.24, 2.45) is 5.73 Å². The second kappa shape index (κ2) is 10.5. The Morgan fingerprint density at radius 1 is 1.03 bits per heavy atom. The summed E-state index contributed by atoms with van der Waals surface area (Å²) < 4.78 is 39.8. The Hall–Kier alpha value is -4.06. The van der Waals surface area contributed by atoms with E-state index in [0.29, 0.717) is 5.56 Å². The highest BCUT2D eigenvalue weighted by Crippen LogP contribution is 2.41. The molecule has 1 spiro atoms. The number of benzene rings is 2. The Labute approximate surface area is 210 Å². The normalized spacial score (nSPS) is 16.1. The van der Waals surface area contributed by atoms with Gasteiger partial charge in [-0.3, -0.25) is 5.41 Å². The molecule has 0 aliphatic carbocycles.